The highest BCUT2D eigenvalue weighted by Gasteiger charge is 2.36. The van der Waals surface area contributed by atoms with Gasteiger partial charge in [-0.2, -0.15) is 0 Å². The van der Waals surface area contributed by atoms with Crippen LogP contribution in [0.2, 0.25) is 0 Å². The van der Waals surface area contributed by atoms with Gasteiger partial charge in [-0.15, -0.1) is 10.2 Å². The molecule has 0 aromatic carbocycles. The molecule has 1 N–H and O–H groups in total. The Bertz CT molecular complexity index is 347. The molecule has 0 saturated carbocycles. The van der Waals surface area contributed by atoms with E-state index < -0.39 is 0 Å². The van der Waals surface area contributed by atoms with Crippen molar-refractivity contribution < 1.29 is 0 Å². The van der Waals surface area contributed by atoms with Gasteiger partial charge in [0.15, 0.2) is 0 Å². The average Bonchev–Trinajstić information content (AvgIpc) is 2.72. The van der Waals surface area contributed by atoms with Crippen LogP contribution in [0.5, 0.6) is 0 Å². The standard InChI is InChI=1S/C11H20N4/c1-8(2)15-9(3)13-14-10(15)11(4)5-6-12-7-11/h8,12H,5-7H2,1-4H3. The first-order valence-electron chi connectivity index (χ1n) is 5.67. The van der Waals surface area contributed by atoms with Crippen molar-refractivity contribution >= 4 is 0 Å². The second kappa shape index (κ2) is 3.59. The molecule has 4 heteroatoms. The Kier molecular flexibility index (Phi) is 2.54. The maximum atomic E-state index is 4.36. The van der Waals surface area contributed by atoms with Gasteiger partial charge in [-0.25, -0.2) is 0 Å². The van der Waals surface area contributed by atoms with Crippen LogP contribution in [0, 0.1) is 6.92 Å². The molecule has 0 amide bonds. The molecule has 0 spiro atoms. The molecule has 1 unspecified atom stereocenters. The van der Waals surface area contributed by atoms with Crippen molar-refractivity contribution in [3.05, 3.63) is 11.6 Å². The van der Waals surface area contributed by atoms with Gasteiger partial charge in [0.1, 0.15) is 11.6 Å². The van der Waals surface area contributed by atoms with E-state index in [2.05, 4.69) is 40.9 Å². The molecule has 1 aromatic rings. The fraction of sp³-hybridized carbons (Fsp3) is 0.818. The minimum absolute atomic E-state index is 0.158. The summed E-state index contributed by atoms with van der Waals surface area (Å²) >= 11 is 0. The lowest BCUT2D eigenvalue weighted by atomic mass is 9.88. The predicted octanol–water partition coefficient (Wildman–Crippen LogP) is 1.42. The average molecular weight is 208 g/mol. The highest BCUT2D eigenvalue weighted by atomic mass is 15.3. The van der Waals surface area contributed by atoms with E-state index in [1.54, 1.807) is 0 Å². The van der Waals surface area contributed by atoms with Gasteiger partial charge in [-0.05, 0) is 33.7 Å². The Balaban J connectivity index is 2.43. The van der Waals surface area contributed by atoms with Gasteiger partial charge < -0.3 is 9.88 Å². The van der Waals surface area contributed by atoms with Crippen molar-refractivity contribution in [2.24, 2.45) is 0 Å². The molecule has 15 heavy (non-hydrogen) atoms. The lowest BCUT2D eigenvalue weighted by Crippen LogP contribution is -2.30. The highest BCUT2D eigenvalue weighted by Crippen LogP contribution is 2.30. The number of aryl methyl sites for hydroxylation is 1. The molecular weight excluding hydrogens is 188 g/mol. The number of hydrogen-bond donors (Lipinski definition) is 1. The molecule has 1 fully saturated rings. The summed E-state index contributed by atoms with van der Waals surface area (Å²) < 4.78 is 2.26. The molecule has 0 radical (unpaired) electrons. The third-order valence-corrected chi connectivity index (χ3v) is 3.29. The summed E-state index contributed by atoms with van der Waals surface area (Å²) in [6.45, 7) is 10.8. The number of hydrogen-bond acceptors (Lipinski definition) is 3. The molecule has 84 valence electrons. The molecule has 1 aromatic heterocycles. The number of aromatic nitrogens is 3. The van der Waals surface area contributed by atoms with E-state index in [4.69, 9.17) is 0 Å². The molecule has 1 aliphatic heterocycles. The lowest BCUT2D eigenvalue weighted by molar-refractivity contribution is 0.432. The normalized spacial score (nSPS) is 26.5. The van der Waals surface area contributed by atoms with Crippen LogP contribution in [0.4, 0.5) is 0 Å². The summed E-state index contributed by atoms with van der Waals surface area (Å²) in [7, 11) is 0. The fourth-order valence-electron chi connectivity index (χ4n) is 2.41. The summed E-state index contributed by atoms with van der Waals surface area (Å²) in [6, 6.07) is 0.437. The monoisotopic (exact) mass is 208 g/mol. The predicted molar refractivity (Wildman–Crippen MR) is 60.0 cm³/mol. The van der Waals surface area contributed by atoms with E-state index in [0.717, 1.165) is 31.2 Å². The smallest absolute Gasteiger partial charge is 0.140 e. The van der Waals surface area contributed by atoms with E-state index in [0.29, 0.717) is 6.04 Å². The molecule has 2 rings (SSSR count). The van der Waals surface area contributed by atoms with Gasteiger partial charge in [0, 0.05) is 18.0 Å². The zero-order chi connectivity index (χ0) is 11.1. The zero-order valence-corrected chi connectivity index (χ0v) is 10.0. The van der Waals surface area contributed by atoms with Gasteiger partial charge in [0.05, 0.1) is 0 Å². The van der Waals surface area contributed by atoms with Gasteiger partial charge >= 0.3 is 0 Å². The SMILES string of the molecule is Cc1nnc(C2(C)CCNC2)n1C(C)C. The second-order valence-electron chi connectivity index (χ2n) is 5.02. The van der Waals surface area contributed by atoms with Crippen molar-refractivity contribution in [2.45, 2.75) is 45.6 Å². The van der Waals surface area contributed by atoms with Crippen LogP contribution in [0.3, 0.4) is 0 Å². The minimum atomic E-state index is 0.158. The Morgan fingerprint density at radius 3 is 2.67 bits per heavy atom. The first-order chi connectivity index (χ1) is 7.04. The van der Waals surface area contributed by atoms with Crippen LogP contribution in [0.25, 0.3) is 0 Å². The van der Waals surface area contributed by atoms with E-state index in [9.17, 15) is 0 Å². The van der Waals surface area contributed by atoms with Crippen molar-refractivity contribution in [3.63, 3.8) is 0 Å². The Labute approximate surface area is 91.1 Å². The molecule has 0 aliphatic carbocycles. The quantitative estimate of drug-likeness (QED) is 0.799. The lowest BCUT2D eigenvalue weighted by Gasteiger charge is -2.24. The topological polar surface area (TPSA) is 42.7 Å². The fourth-order valence-corrected chi connectivity index (χ4v) is 2.41. The first kappa shape index (κ1) is 10.6. The van der Waals surface area contributed by atoms with Crippen LogP contribution in [0.1, 0.15) is 44.9 Å². The van der Waals surface area contributed by atoms with E-state index >= 15 is 0 Å². The van der Waals surface area contributed by atoms with Gasteiger partial charge in [-0.1, -0.05) is 6.92 Å². The Hall–Kier alpha value is -0.900. The maximum Gasteiger partial charge on any atom is 0.140 e. The van der Waals surface area contributed by atoms with E-state index in [1.165, 1.54) is 0 Å². The number of rotatable bonds is 2. The largest absolute Gasteiger partial charge is 0.316 e. The third kappa shape index (κ3) is 1.67. The molecule has 1 saturated heterocycles. The molecule has 2 heterocycles. The summed E-state index contributed by atoms with van der Waals surface area (Å²) in [5.41, 5.74) is 0.158. The van der Waals surface area contributed by atoms with E-state index in [1.807, 2.05) is 6.92 Å². The first-order valence-corrected chi connectivity index (χ1v) is 5.67. The van der Waals surface area contributed by atoms with Crippen molar-refractivity contribution in [1.29, 1.82) is 0 Å². The van der Waals surface area contributed by atoms with Crippen LogP contribution < -0.4 is 5.32 Å². The van der Waals surface area contributed by atoms with E-state index in [-0.39, 0.29) is 5.41 Å². The number of nitrogens with one attached hydrogen (secondary N) is 1. The van der Waals surface area contributed by atoms with Crippen molar-refractivity contribution in [3.8, 4) is 0 Å². The van der Waals surface area contributed by atoms with Crippen LogP contribution in [-0.2, 0) is 5.41 Å². The summed E-state index contributed by atoms with van der Waals surface area (Å²) in [6.07, 6.45) is 1.15. The summed E-state index contributed by atoms with van der Waals surface area (Å²) in [5, 5.41) is 12.0. The molecule has 1 aliphatic rings. The van der Waals surface area contributed by atoms with Gasteiger partial charge in [-0.3, -0.25) is 0 Å². The summed E-state index contributed by atoms with van der Waals surface area (Å²) in [5.74, 6) is 2.16. The van der Waals surface area contributed by atoms with Crippen LogP contribution in [-0.4, -0.2) is 27.9 Å². The molecular formula is C11H20N4. The van der Waals surface area contributed by atoms with Crippen LogP contribution in [0.15, 0.2) is 0 Å². The molecule has 4 nitrogen and oxygen atoms in total. The summed E-state index contributed by atoms with van der Waals surface area (Å²) in [4.78, 5) is 0. The van der Waals surface area contributed by atoms with Crippen molar-refractivity contribution in [2.75, 3.05) is 13.1 Å². The van der Waals surface area contributed by atoms with Gasteiger partial charge in [0.2, 0.25) is 0 Å². The van der Waals surface area contributed by atoms with Crippen molar-refractivity contribution in [1.82, 2.24) is 20.1 Å². The zero-order valence-electron chi connectivity index (χ0n) is 10.0. The number of nitrogens with zero attached hydrogens (tertiary/aromatic N) is 3. The highest BCUT2D eigenvalue weighted by molar-refractivity contribution is 5.13. The minimum Gasteiger partial charge on any atom is -0.316 e. The third-order valence-electron chi connectivity index (χ3n) is 3.29. The Morgan fingerprint density at radius 1 is 1.40 bits per heavy atom. The van der Waals surface area contributed by atoms with Gasteiger partial charge in [0.25, 0.3) is 0 Å². The maximum absolute atomic E-state index is 4.36. The molecule has 0 bridgehead atoms. The van der Waals surface area contributed by atoms with Crippen LogP contribution >= 0.6 is 0 Å². The molecule has 1 atom stereocenters. The Morgan fingerprint density at radius 2 is 2.13 bits per heavy atom. The second-order valence-corrected chi connectivity index (χ2v) is 5.02.